The van der Waals surface area contributed by atoms with E-state index in [9.17, 15) is 0 Å². The summed E-state index contributed by atoms with van der Waals surface area (Å²) in [6.07, 6.45) is 1.71. The lowest BCUT2D eigenvalue weighted by Gasteiger charge is -2.08. The average Bonchev–Trinajstić information content (AvgIpc) is 2.99. The van der Waals surface area contributed by atoms with Crippen molar-refractivity contribution in [3.8, 4) is 22.4 Å². The Kier molecular flexibility index (Phi) is 3.83. The quantitative estimate of drug-likeness (QED) is 0.746. The van der Waals surface area contributed by atoms with E-state index in [1.54, 1.807) is 13.3 Å². The molecule has 0 amide bonds. The minimum atomic E-state index is 0.752. The van der Waals surface area contributed by atoms with Crippen LogP contribution in [-0.4, -0.2) is 28.7 Å². The van der Waals surface area contributed by atoms with Gasteiger partial charge in [0, 0.05) is 12.6 Å². The number of benzene rings is 2. The van der Waals surface area contributed by atoms with E-state index in [2.05, 4.69) is 76.7 Å². The van der Waals surface area contributed by atoms with E-state index in [4.69, 9.17) is 0 Å². The highest BCUT2D eigenvalue weighted by Gasteiger charge is 2.09. The molecule has 0 spiro atoms. The van der Waals surface area contributed by atoms with Crippen LogP contribution in [0.5, 0.6) is 0 Å². The molecule has 1 N–H and O–H groups in total. The van der Waals surface area contributed by atoms with Gasteiger partial charge in [-0.05, 0) is 30.5 Å². The lowest BCUT2D eigenvalue weighted by Crippen LogP contribution is -1.88. The Balaban J connectivity index is 1.99. The van der Waals surface area contributed by atoms with Crippen molar-refractivity contribution in [2.45, 2.75) is 13.8 Å². The van der Waals surface area contributed by atoms with Crippen LogP contribution in [0.3, 0.4) is 0 Å². The first-order valence-electron chi connectivity index (χ1n) is 7.20. The van der Waals surface area contributed by atoms with Gasteiger partial charge >= 0.3 is 0 Å². The van der Waals surface area contributed by atoms with Gasteiger partial charge in [0.1, 0.15) is 11.4 Å². The molecule has 0 aliphatic carbocycles. The van der Waals surface area contributed by atoms with E-state index in [0.717, 1.165) is 17.0 Å². The molecule has 3 aromatic rings. The lowest BCUT2D eigenvalue weighted by atomic mass is 9.97. The summed E-state index contributed by atoms with van der Waals surface area (Å²) in [7, 11) is 1.72. The van der Waals surface area contributed by atoms with Crippen LogP contribution < -0.4 is 0 Å². The van der Waals surface area contributed by atoms with Gasteiger partial charge in [-0.3, -0.25) is 4.99 Å². The summed E-state index contributed by atoms with van der Waals surface area (Å²) < 4.78 is 0. The Morgan fingerprint density at radius 3 is 2.41 bits per heavy atom. The number of hydrogen-bond donors (Lipinski definition) is 1. The maximum atomic E-state index is 4.21. The van der Waals surface area contributed by atoms with Gasteiger partial charge < -0.3 is 0 Å². The number of nitrogens with one attached hydrogen (secondary N) is 1. The SMILES string of the molecule is CN=Cc1n[nH]nc1-c1ccc(-c2cc(C)ccc2C)cc1. The zero-order valence-electron chi connectivity index (χ0n) is 13.0. The summed E-state index contributed by atoms with van der Waals surface area (Å²) in [6, 6.07) is 14.9. The molecule has 1 aromatic heterocycles. The fourth-order valence-corrected chi connectivity index (χ4v) is 2.52. The van der Waals surface area contributed by atoms with Crippen LogP contribution in [0.15, 0.2) is 47.5 Å². The third kappa shape index (κ3) is 2.68. The van der Waals surface area contributed by atoms with Gasteiger partial charge in [0.2, 0.25) is 0 Å². The minimum Gasteiger partial charge on any atom is -0.294 e. The molecule has 3 rings (SSSR count). The van der Waals surface area contributed by atoms with Gasteiger partial charge in [-0.2, -0.15) is 15.4 Å². The number of H-pyrrole nitrogens is 1. The summed E-state index contributed by atoms with van der Waals surface area (Å²) in [6.45, 7) is 4.25. The van der Waals surface area contributed by atoms with Gasteiger partial charge in [0.05, 0.1) is 6.21 Å². The number of rotatable bonds is 3. The Labute approximate surface area is 129 Å². The van der Waals surface area contributed by atoms with Crippen molar-refractivity contribution in [2.75, 3.05) is 7.05 Å². The summed E-state index contributed by atoms with van der Waals surface area (Å²) >= 11 is 0. The Morgan fingerprint density at radius 2 is 1.68 bits per heavy atom. The molecule has 22 heavy (non-hydrogen) atoms. The maximum Gasteiger partial charge on any atom is 0.131 e. The summed E-state index contributed by atoms with van der Waals surface area (Å²) in [5, 5.41) is 11.0. The second-order valence-corrected chi connectivity index (χ2v) is 5.34. The molecule has 110 valence electrons. The highest BCUT2D eigenvalue weighted by molar-refractivity contribution is 5.86. The van der Waals surface area contributed by atoms with E-state index in [-0.39, 0.29) is 0 Å². The maximum absolute atomic E-state index is 4.21. The van der Waals surface area contributed by atoms with E-state index in [0.29, 0.717) is 0 Å². The molecule has 1 heterocycles. The molecular weight excluding hydrogens is 272 g/mol. The van der Waals surface area contributed by atoms with Crippen molar-refractivity contribution in [3.63, 3.8) is 0 Å². The standard InChI is InChI=1S/C18H18N4/c1-12-4-5-13(2)16(10-12)14-6-8-15(9-7-14)18-17(11-19-3)20-22-21-18/h4-11H,1-3H3,(H,20,21,22). The molecule has 0 saturated heterocycles. The molecule has 0 atom stereocenters. The Hall–Kier alpha value is -2.75. The Bertz CT molecular complexity index is 813. The molecule has 0 aliphatic heterocycles. The number of hydrogen-bond acceptors (Lipinski definition) is 3. The summed E-state index contributed by atoms with van der Waals surface area (Å²) in [5.41, 5.74) is 7.61. The highest BCUT2D eigenvalue weighted by Crippen LogP contribution is 2.27. The number of aryl methyl sites for hydroxylation is 2. The van der Waals surface area contributed by atoms with Crippen molar-refractivity contribution in [2.24, 2.45) is 4.99 Å². The first-order valence-corrected chi connectivity index (χ1v) is 7.20. The van der Waals surface area contributed by atoms with Gasteiger partial charge in [-0.15, -0.1) is 0 Å². The summed E-state index contributed by atoms with van der Waals surface area (Å²) in [4.78, 5) is 4.00. The van der Waals surface area contributed by atoms with Crippen LogP contribution >= 0.6 is 0 Å². The smallest absolute Gasteiger partial charge is 0.131 e. The van der Waals surface area contributed by atoms with Crippen molar-refractivity contribution in [3.05, 3.63) is 59.3 Å². The molecule has 4 heteroatoms. The highest BCUT2D eigenvalue weighted by atomic mass is 15.3. The number of nitrogens with zero attached hydrogens (tertiary/aromatic N) is 3. The molecule has 0 unspecified atom stereocenters. The fraction of sp³-hybridized carbons (Fsp3) is 0.167. The number of aliphatic imine (C=N–C) groups is 1. The largest absolute Gasteiger partial charge is 0.294 e. The molecular formula is C18H18N4. The van der Waals surface area contributed by atoms with Crippen LogP contribution in [0.1, 0.15) is 16.8 Å². The van der Waals surface area contributed by atoms with E-state index in [1.807, 2.05) is 0 Å². The van der Waals surface area contributed by atoms with Crippen molar-refractivity contribution < 1.29 is 0 Å². The van der Waals surface area contributed by atoms with Gasteiger partial charge in [-0.1, -0.05) is 48.0 Å². The van der Waals surface area contributed by atoms with Crippen LogP contribution in [0, 0.1) is 13.8 Å². The van der Waals surface area contributed by atoms with Gasteiger partial charge in [-0.25, -0.2) is 0 Å². The summed E-state index contributed by atoms with van der Waals surface area (Å²) in [5.74, 6) is 0. The molecule has 0 bridgehead atoms. The monoisotopic (exact) mass is 290 g/mol. The first kappa shape index (κ1) is 14.2. The lowest BCUT2D eigenvalue weighted by molar-refractivity contribution is 0.940. The van der Waals surface area contributed by atoms with Gasteiger partial charge in [0.25, 0.3) is 0 Å². The van der Waals surface area contributed by atoms with Crippen molar-refractivity contribution in [1.82, 2.24) is 15.4 Å². The topological polar surface area (TPSA) is 53.9 Å². The van der Waals surface area contributed by atoms with Crippen LogP contribution in [-0.2, 0) is 0 Å². The normalized spacial score (nSPS) is 11.2. The van der Waals surface area contributed by atoms with Gasteiger partial charge in [0.15, 0.2) is 0 Å². The van der Waals surface area contributed by atoms with Crippen LogP contribution in [0.4, 0.5) is 0 Å². The first-order chi connectivity index (χ1) is 10.7. The predicted octanol–water partition coefficient (Wildman–Crippen LogP) is 3.80. The van der Waals surface area contributed by atoms with E-state index < -0.39 is 0 Å². The third-order valence-electron chi connectivity index (χ3n) is 3.69. The minimum absolute atomic E-state index is 0.752. The third-order valence-corrected chi connectivity index (χ3v) is 3.69. The zero-order valence-corrected chi connectivity index (χ0v) is 13.0. The van der Waals surface area contributed by atoms with E-state index >= 15 is 0 Å². The Morgan fingerprint density at radius 1 is 0.955 bits per heavy atom. The van der Waals surface area contributed by atoms with Crippen LogP contribution in [0.25, 0.3) is 22.4 Å². The van der Waals surface area contributed by atoms with E-state index in [1.165, 1.54) is 22.3 Å². The zero-order chi connectivity index (χ0) is 15.5. The van der Waals surface area contributed by atoms with Crippen LogP contribution in [0.2, 0.25) is 0 Å². The average molecular weight is 290 g/mol. The number of aromatic nitrogens is 3. The molecule has 0 radical (unpaired) electrons. The number of aromatic amines is 1. The molecule has 0 saturated carbocycles. The van der Waals surface area contributed by atoms with Crippen molar-refractivity contribution >= 4 is 6.21 Å². The predicted molar refractivity (Wildman–Crippen MR) is 90.2 cm³/mol. The molecule has 0 fully saturated rings. The molecule has 4 nitrogen and oxygen atoms in total. The fourth-order valence-electron chi connectivity index (χ4n) is 2.52. The second-order valence-electron chi connectivity index (χ2n) is 5.34. The molecule has 2 aromatic carbocycles. The molecule has 0 aliphatic rings. The second kappa shape index (κ2) is 5.93. The van der Waals surface area contributed by atoms with Crippen molar-refractivity contribution in [1.29, 1.82) is 0 Å².